The molecular weight excluding hydrogens is 444 g/mol. The largest absolute Gasteiger partial charge is 0.321 e. The molecule has 1 aromatic heterocycles. The smallest absolute Gasteiger partial charge is 0.275 e. The van der Waals surface area contributed by atoms with E-state index in [1.807, 2.05) is 0 Å². The van der Waals surface area contributed by atoms with Gasteiger partial charge in [-0.05, 0) is 43.0 Å². The number of sulfonamides is 1. The molecule has 0 unspecified atom stereocenters. The van der Waals surface area contributed by atoms with Crippen molar-refractivity contribution >= 4 is 45.0 Å². The van der Waals surface area contributed by atoms with Crippen LogP contribution in [0, 0.1) is 5.92 Å². The van der Waals surface area contributed by atoms with Gasteiger partial charge < -0.3 is 5.32 Å². The Bertz CT molecular complexity index is 1020. The van der Waals surface area contributed by atoms with E-state index in [9.17, 15) is 13.2 Å². The summed E-state index contributed by atoms with van der Waals surface area (Å²) in [5.74, 6) is 0.649. The third kappa shape index (κ3) is 5.40. The minimum Gasteiger partial charge on any atom is -0.321 e. The van der Waals surface area contributed by atoms with Gasteiger partial charge in [0.1, 0.15) is 0 Å². The quantitative estimate of drug-likeness (QED) is 0.375. The minimum absolute atomic E-state index is 0.0531. The molecule has 1 aromatic carbocycles. The number of halogens is 1. The summed E-state index contributed by atoms with van der Waals surface area (Å²) < 4.78 is 27.1. The molecule has 2 aromatic rings. The number of amides is 1. The number of aromatic nitrogens is 2. The van der Waals surface area contributed by atoms with Crippen LogP contribution in [0.4, 0.5) is 5.69 Å². The highest BCUT2D eigenvalue weighted by Gasteiger charge is 2.28. The van der Waals surface area contributed by atoms with E-state index in [2.05, 4.69) is 28.8 Å². The van der Waals surface area contributed by atoms with E-state index >= 15 is 0 Å². The van der Waals surface area contributed by atoms with E-state index in [0.717, 1.165) is 12.8 Å². The number of nitrogens with zero attached hydrogens (tertiary/aromatic N) is 3. The van der Waals surface area contributed by atoms with Gasteiger partial charge in [-0.25, -0.2) is 18.4 Å². The molecule has 3 rings (SSSR count). The lowest BCUT2D eigenvalue weighted by Crippen LogP contribution is -2.37. The maximum atomic E-state index is 12.8. The Labute approximate surface area is 186 Å². The number of carbonyl (C=O) groups excluding carboxylic acids is 1. The SMILES string of the molecule is C=CCSc1ncc(Cl)c(C(=O)Nc2ccc(S(=O)(=O)N3CCC(C)CC3)cc2)n1. The van der Waals surface area contributed by atoms with Gasteiger partial charge >= 0.3 is 0 Å². The Hall–Kier alpha value is -1.94. The van der Waals surface area contributed by atoms with Crippen molar-refractivity contribution in [3.63, 3.8) is 0 Å². The zero-order chi connectivity index (χ0) is 21.7. The van der Waals surface area contributed by atoms with Gasteiger partial charge in [0, 0.05) is 24.5 Å². The zero-order valence-corrected chi connectivity index (χ0v) is 18.9. The number of nitrogens with one attached hydrogen (secondary N) is 1. The summed E-state index contributed by atoms with van der Waals surface area (Å²) in [6, 6.07) is 6.10. The van der Waals surface area contributed by atoms with Gasteiger partial charge in [0.15, 0.2) is 10.9 Å². The summed E-state index contributed by atoms with van der Waals surface area (Å²) >= 11 is 7.41. The van der Waals surface area contributed by atoms with Crippen LogP contribution in [0.2, 0.25) is 5.02 Å². The van der Waals surface area contributed by atoms with Crippen LogP contribution in [0.3, 0.4) is 0 Å². The lowest BCUT2D eigenvalue weighted by Gasteiger charge is -2.29. The molecule has 0 aliphatic carbocycles. The third-order valence-corrected chi connectivity index (χ3v) is 7.81. The number of thioether (sulfide) groups is 1. The van der Waals surface area contributed by atoms with Crippen LogP contribution in [0.15, 0.2) is 53.2 Å². The van der Waals surface area contributed by atoms with Crippen molar-refractivity contribution in [1.29, 1.82) is 0 Å². The van der Waals surface area contributed by atoms with Crippen LogP contribution in [0.5, 0.6) is 0 Å². The van der Waals surface area contributed by atoms with Crippen LogP contribution < -0.4 is 5.32 Å². The summed E-state index contributed by atoms with van der Waals surface area (Å²) in [5, 5.41) is 3.25. The molecule has 0 spiro atoms. The molecular formula is C20H23ClN4O3S2. The lowest BCUT2D eigenvalue weighted by molar-refractivity contribution is 0.102. The van der Waals surface area contributed by atoms with E-state index in [-0.39, 0.29) is 15.6 Å². The number of hydrogen-bond acceptors (Lipinski definition) is 6. The van der Waals surface area contributed by atoms with Gasteiger partial charge in [0.2, 0.25) is 10.0 Å². The van der Waals surface area contributed by atoms with Crippen molar-refractivity contribution in [2.24, 2.45) is 5.92 Å². The molecule has 0 atom stereocenters. The maximum Gasteiger partial charge on any atom is 0.275 e. The second kappa shape index (κ2) is 9.91. The van der Waals surface area contributed by atoms with E-state index in [0.29, 0.717) is 35.6 Å². The Balaban J connectivity index is 1.71. The van der Waals surface area contributed by atoms with Crippen molar-refractivity contribution in [3.8, 4) is 0 Å². The van der Waals surface area contributed by atoms with Crippen molar-refractivity contribution in [3.05, 3.63) is 53.8 Å². The standard InChI is InChI=1S/C20H23ClN4O3S2/c1-3-12-29-20-22-13-17(21)18(24-20)19(26)23-15-4-6-16(7-5-15)30(27,28)25-10-8-14(2)9-11-25/h3-7,13-14H,1,8-12H2,2H3,(H,23,26). The highest BCUT2D eigenvalue weighted by molar-refractivity contribution is 7.99. The molecule has 0 saturated carbocycles. The van der Waals surface area contributed by atoms with E-state index in [1.165, 1.54) is 34.4 Å². The fraction of sp³-hybridized carbons (Fsp3) is 0.350. The first kappa shape index (κ1) is 22.7. The molecule has 0 bridgehead atoms. The number of carbonyl (C=O) groups is 1. The topological polar surface area (TPSA) is 92.3 Å². The highest BCUT2D eigenvalue weighted by Crippen LogP contribution is 2.25. The first-order valence-corrected chi connectivity index (χ1v) is 12.3. The molecule has 1 aliphatic rings. The van der Waals surface area contributed by atoms with Gasteiger partial charge in [-0.15, -0.1) is 6.58 Å². The van der Waals surface area contributed by atoms with Crippen LogP contribution in [0.1, 0.15) is 30.3 Å². The molecule has 7 nitrogen and oxygen atoms in total. The average molecular weight is 467 g/mol. The maximum absolute atomic E-state index is 12.8. The van der Waals surface area contributed by atoms with Gasteiger partial charge in [-0.2, -0.15) is 4.31 Å². The molecule has 1 N–H and O–H groups in total. The van der Waals surface area contributed by atoms with Gasteiger partial charge in [0.05, 0.1) is 16.1 Å². The summed E-state index contributed by atoms with van der Waals surface area (Å²) in [7, 11) is -3.54. The molecule has 10 heteroatoms. The summed E-state index contributed by atoms with van der Waals surface area (Å²) in [5.41, 5.74) is 0.499. The van der Waals surface area contributed by atoms with Crippen molar-refractivity contribution in [2.45, 2.75) is 29.8 Å². The van der Waals surface area contributed by atoms with Crippen LogP contribution in [0.25, 0.3) is 0 Å². The number of benzene rings is 1. The second-order valence-corrected chi connectivity index (χ2v) is 10.3. The molecule has 30 heavy (non-hydrogen) atoms. The van der Waals surface area contributed by atoms with Crippen LogP contribution in [-0.4, -0.2) is 47.4 Å². The van der Waals surface area contributed by atoms with Crippen LogP contribution >= 0.6 is 23.4 Å². The van der Waals surface area contributed by atoms with Crippen LogP contribution in [-0.2, 0) is 10.0 Å². The predicted molar refractivity (Wildman–Crippen MR) is 120 cm³/mol. The molecule has 1 amide bonds. The number of rotatable bonds is 7. The minimum atomic E-state index is -3.54. The third-order valence-electron chi connectivity index (χ3n) is 4.76. The molecule has 1 fully saturated rings. The first-order valence-electron chi connectivity index (χ1n) is 9.49. The van der Waals surface area contributed by atoms with Gasteiger partial charge in [-0.1, -0.05) is 36.4 Å². The summed E-state index contributed by atoms with van der Waals surface area (Å²) in [6.07, 6.45) is 4.81. The molecule has 1 aliphatic heterocycles. The monoisotopic (exact) mass is 466 g/mol. The predicted octanol–water partition coefficient (Wildman–Crippen LogP) is 4.08. The second-order valence-electron chi connectivity index (χ2n) is 7.01. The molecule has 1 saturated heterocycles. The van der Waals surface area contributed by atoms with Gasteiger partial charge in [0.25, 0.3) is 5.91 Å². The fourth-order valence-corrected chi connectivity index (χ4v) is 5.18. The average Bonchev–Trinajstić information content (AvgIpc) is 2.74. The molecule has 2 heterocycles. The summed E-state index contributed by atoms with van der Waals surface area (Å²) in [6.45, 7) is 6.82. The Morgan fingerprint density at radius 1 is 1.33 bits per heavy atom. The van der Waals surface area contributed by atoms with Crippen molar-refractivity contribution in [1.82, 2.24) is 14.3 Å². The van der Waals surface area contributed by atoms with Crippen molar-refractivity contribution < 1.29 is 13.2 Å². The number of anilines is 1. The zero-order valence-electron chi connectivity index (χ0n) is 16.5. The molecule has 0 radical (unpaired) electrons. The number of piperidine rings is 1. The van der Waals surface area contributed by atoms with Gasteiger partial charge in [-0.3, -0.25) is 4.79 Å². The fourth-order valence-electron chi connectivity index (χ4n) is 2.99. The Morgan fingerprint density at radius 2 is 2.00 bits per heavy atom. The van der Waals surface area contributed by atoms with E-state index in [4.69, 9.17) is 11.6 Å². The Morgan fingerprint density at radius 3 is 2.63 bits per heavy atom. The lowest BCUT2D eigenvalue weighted by atomic mass is 10.0. The molecule has 160 valence electrons. The van der Waals surface area contributed by atoms with Crippen molar-refractivity contribution in [2.75, 3.05) is 24.2 Å². The Kier molecular flexibility index (Phi) is 7.51. The first-order chi connectivity index (χ1) is 14.3. The highest BCUT2D eigenvalue weighted by atomic mass is 35.5. The summed E-state index contributed by atoms with van der Waals surface area (Å²) in [4.78, 5) is 21.0. The van der Waals surface area contributed by atoms with E-state index < -0.39 is 15.9 Å². The number of hydrogen-bond donors (Lipinski definition) is 1. The normalized spacial score (nSPS) is 15.7. The van der Waals surface area contributed by atoms with E-state index in [1.54, 1.807) is 18.2 Å².